The lowest BCUT2D eigenvalue weighted by atomic mass is 9.74. The largest absolute Gasteiger partial charge is 0.0654 e. The quantitative estimate of drug-likeness (QED) is 0.545. The van der Waals surface area contributed by atoms with Gasteiger partial charge in [-0.15, -0.1) is 0 Å². The molecule has 0 aliphatic heterocycles. The summed E-state index contributed by atoms with van der Waals surface area (Å²) in [4.78, 5) is 0. The zero-order chi connectivity index (χ0) is 14.5. The van der Waals surface area contributed by atoms with Crippen molar-refractivity contribution in [3.63, 3.8) is 0 Å². The maximum atomic E-state index is 2.42. The predicted molar refractivity (Wildman–Crippen MR) is 86.9 cm³/mol. The molecular formula is C19H32. The predicted octanol–water partition coefficient (Wildman–Crippen LogP) is 6.23. The van der Waals surface area contributed by atoms with Crippen molar-refractivity contribution >= 4 is 0 Å². The van der Waals surface area contributed by atoms with Crippen LogP contribution in [0.15, 0.2) is 24.3 Å². The summed E-state index contributed by atoms with van der Waals surface area (Å²) < 4.78 is 0. The minimum absolute atomic E-state index is 0.296. The molecule has 108 valence electrons. The molecule has 1 aromatic carbocycles. The van der Waals surface area contributed by atoms with Crippen LogP contribution in [-0.4, -0.2) is 0 Å². The van der Waals surface area contributed by atoms with Gasteiger partial charge in [0.25, 0.3) is 0 Å². The van der Waals surface area contributed by atoms with Crippen molar-refractivity contribution < 1.29 is 0 Å². The smallest absolute Gasteiger partial charge is 0.00779 e. The Balaban J connectivity index is 2.96. The third kappa shape index (κ3) is 3.84. The average Bonchev–Trinajstić information content (AvgIpc) is 2.45. The van der Waals surface area contributed by atoms with Crippen LogP contribution in [0.3, 0.4) is 0 Å². The lowest BCUT2D eigenvalue weighted by Crippen LogP contribution is -2.21. The number of rotatable bonds is 7. The third-order valence-corrected chi connectivity index (χ3v) is 5.11. The molecule has 0 N–H and O–H groups in total. The number of hydrogen-bond acceptors (Lipinski definition) is 0. The van der Waals surface area contributed by atoms with E-state index in [-0.39, 0.29) is 0 Å². The topological polar surface area (TPSA) is 0 Å². The van der Waals surface area contributed by atoms with E-state index in [4.69, 9.17) is 0 Å². The van der Waals surface area contributed by atoms with Crippen LogP contribution in [0.25, 0.3) is 0 Å². The molecule has 0 nitrogen and oxygen atoms in total. The molecule has 0 aromatic heterocycles. The molecule has 0 amide bonds. The summed E-state index contributed by atoms with van der Waals surface area (Å²) in [5.74, 6) is 0. The molecule has 0 aliphatic rings. The Morgan fingerprint density at radius 1 is 0.789 bits per heavy atom. The van der Waals surface area contributed by atoms with Crippen molar-refractivity contribution in [1.82, 2.24) is 0 Å². The first-order valence-corrected chi connectivity index (χ1v) is 8.00. The van der Waals surface area contributed by atoms with Gasteiger partial charge in [-0.1, -0.05) is 78.6 Å². The van der Waals surface area contributed by atoms with Crippen LogP contribution in [0.2, 0.25) is 0 Å². The van der Waals surface area contributed by atoms with Gasteiger partial charge in [-0.25, -0.2) is 0 Å². The second-order valence-corrected chi connectivity index (χ2v) is 6.83. The van der Waals surface area contributed by atoms with Crippen LogP contribution >= 0.6 is 0 Å². The lowest BCUT2D eigenvalue weighted by Gasteiger charge is -2.30. The average molecular weight is 260 g/mol. The van der Waals surface area contributed by atoms with Crippen molar-refractivity contribution in [2.45, 2.75) is 84.5 Å². The van der Waals surface area contributed by atoms with Crippen molar-refractivity contribution in [1.29, 1.82) is 0 Å². The fourth-order valence-corrected chi connectivity index (χ4v) is 2.62. The molecule has 0 saturated heterocycles. The molecule has 0 aliphatic carbocycles. The van der Waals surface area contributed by atoms with Crippen molar-refractivity contribution in [3.05, 3.63) is 35.4 Å². The molecular weight excluding hydrogens is 228 g/mol. The lowest BCUT2D eigenvalue weighted by molar-refractivity contribution is 0.402. The van der Waals surface area contributed by atoms with E-state index < -0.39 is 0 Å². The van der Waals surface area contributed by atoms with Gasteiger partial charge < -0.3 is 0 Å². The van der Waals surface area contributed by atoms with Crippen LogP contribution in [0.1, 0.15) is 84.8 Å². The van der Waals surface area contributed by atoms with Crippen LogP contribution in [0, 0.1) is 0 Å². The van der Waals surface area contributed by atoms with Gasteiger partial charge >= 0.3 is 0 Å². The van der Waals surface area contributed by atoms with Crippen molar-refractivity contribution in [2.24, 2.45) is 0 Å². The van der Waals surface area contributed by atoms with Crippen molar-refractivity contribution in [2.75, 3.05) is 0 Å². The van der Waals surface area contributed by atoms with E-state index in [0.29, 0.717) is 10.8 Å². The Kier molecular flexibility index (Phi) is 5.64. The van der Waals surface area contributed by atoms with Gasteiger partial charge in [0.1, 0.15) is 0 Å². The Morgan fingerprint density at radius 2 is 1.32 bits per heavy atom. The van der Waals surface area contributed by atoms with Crippen molar-refractivity contribution in [3.8, 4) is 0 Å². The van der Waals surface area contributed by atoms with Crippen LogP contribution in [0.5, 0.6) is 0 Å². The first-order chi connectivity index (χ1) is 8.89. The molecule has 0 heteroatoms. The second-order valence-electron chi connectivity index (χ2n) is 6.83. The second kappa shape index (κ2) is 6.59. The summed E-state index contributed by atoms with van der Waals surface area (Å²) in [5, 5.41) is 0. The molecule has 1 rings (SSSR count). The SMILES string of the molecule is CCCCC(C)(CC)c1ccc(C(C)(C)CC)cc1. The van der Waals surface area contributed by atoms with Gasteiger partial charge in [0.15, 0.2) is 0 Å². The van der Waals surface area contributed by atoms with E-state index in [1.54, 1.807) is 0 Å². The highest BCUT2D eigenvalue weighted by Gasteiger charge is 2.25. The van der Waals surface area contributed by atoms with Crippen LogP contribution in [-0.2, 0) is 10.8 Å². The molecule has 0 saturated carbocycles. The molecule has 1 atom stereocenters. The van der Waals surface area contributed by atoms with Gasteiger partial charge in [0.05, 0.1) is 0 Å². The summed E-state index contributed by atoms with van der Waals surface area (Å²) in [5.41, 5.74) is 3.63. The molecule has 1 unspecified atom stereocenters. The fourth-order valence-electron chi connectivity index (χ4n) is 2.62. The first-order valence-electron chi connectivity index (χ1n) is 8.00. The first kappa shape index (κ1) is 16.3. The summed E-state index contributed by atoms with van der Waals surface area (Å²) in [7, 11) is 0. The Hall–Kier alpha value is -0.780. The molecule has 0 fully saturated rings. The van der Waals surface area contributed by atoms with E-state index in [9.17, 15) is 0 Å². The Bertz CT molecular complexity index is 372. The summed E-state index contributed by atoms with van der Waals surface area (Å²) in [6.45, 7) is 14.0. The molecule has 0 bridgehead atoms. The van der Waals surface area contributed by atoms with E-state index in [1.165, 1.54) is 43.2 Å². The normalized spacial score (nSPS) is 15.3. The van der Waals surface area contributed by atoms with E-state index in [0.717, 1.165) is 0 Å². The van der Waals surface area contributed by atoms with Crippen LogP contribution < -0.4 is 0 Å². The molecule has 0 radical (unpaired) electrons. The summed E-state index contributed by atoms with van der Waals surface area (Å²) >= 11 is 0. The standard InChI is InChI=1S/C19H32/c1-7-10-15-19(6,9-3)17-13-11-16(12-14-17)18(4,5)8-2/h11-14H,7-10,15H2,1-6H3. The van der Waals surface area contributed by atoms with Crippen LogP contribution in [0.4, 0.5) is 0 Å². The van der Waals surface area contributed by atoms with Gasteiger partial charge in [-0.3, -0.25) is 0 Å². The highest BCUT2D eigenvalue weighted by Crippen LogP contribution is 2.35. The molecule has 1 aromatic rings. The molecule has 0 heterocycles. The minimum Gasteiger partial charge on any atom is -0.0654 e. The maximum absolute atomic E-state index is 2.42. The minimum atomic E-state index is 0.296. The highest BCUT2D eigenvalue weighted by atomic mass is 14.3. The van der Waals surface area contributed by atoms with Gasteiger partial charge in [-0.05, 0) is 41.2 Å². The zero-order valence-electron chi connectivity index (χ0n) is 13.8. The highest BCUT2D eigenvalue weighted by molar-refractivity contribution is 5.32. The summed E-state index contributed by atoms with van der Waals surface area (Å²) in [6, 6.07) is 9.43. The fraction of sp³-hybridized carbons (Fsp3) is 0.684. The number of unbranched alkanes of at least 4 members (excludes halogenated alkanes) is 1. The molecule has 0 spiro atoms. The third-order valence-electron chi connectivity index (χ3n) is 5.11. The van der Waals surface area contributed by atoms with Gasteiger partial charge in [-0.2, -0.15) is 0 Å². The maximum Gasteiger partial charge on any atom is -0.00779 e. The zero-order valence-corrected chi connectivity index (χ0v) is 13.8. The monoisotopic (exact) mass is 260 g/mol. The molecule has 19 heavy (non-hydrogen) atoms. The van der Waals surface area contributed by atoms with E-state index in [1.807, 2.05) is 0 Å². The van der Waals surface area contributed by atoms with Gasteiger partial charge in [0, 0.05) is 0 Å². The number of benzene rings is 1. The Morgan fingerprint density at radius 3 is 1.74 bits per heavy atom. The Labute approximate surface area is 120 Å². The number of hydrogen-bond donors (Lipinski definition) is 0. The van der Waals surface area contributed by atoms with E-state index in [2.05, 4.69) is 65.8 Å². The summed E-state index contributed by atoms with van der Waals surface area (Å²) in [6.07, 6.45) is 6.33. The van der Waals surface area contributed by atoms with Gasteiger partial charge in [0.2, 0.25) is 0 Å². The van der Waals surface area contributed by atoms with E-state index >= 15 is 0 Å².